The maximum atomic E-state index is 13.8. The molecule has 0 fully saturated rings. The molecule has 1 N–H and O–H groups in total. The largest absolute Gasteiger partial charge is 0.491 e. The van der Waals surface area contributed by atoms with Crippen LogP contribution in [0, 0.1) is 0 Å². The van der Waals surface area contributed by atoms with Gasteiger partial charge in [0.1, 0.15) is 17.0 Å². The summed E-state index contributed by atoms with van der Waals surface area (Å²) < 4.78 is 12.1. The van der Waals surface area contributed by atoms with Crippen LogP contribution in [0.4, 0.5) is 0 Å². The molecule has 1 atom stereocenters. The van der Waals surface area contributed by atoms with Gasteiger partial charge in [0.05, 0.1) is 26.1 Å². The van der Waals surface area contributed by atoms with Crippen LogP contribution in [0.25, 0.3) is 0 Å². The molecule has 3 aromatic rings. The molecule has 0 aliphatic carbocycles. The normalized spacial score (nSPS) is 17.0. The Bertz CT molecular complexity index is 1250. The number of aromatic nitrogens is 2. The predicted molar refractivity (Wildman–Crippen MR) is 132 cm³/mol. The quantitative estimate of drug-likeness (QED) is 0.487. The lowest BCUT2D eigenvalue weighted by atomic mass is 9.93. The first-order valence-electron chi connectivity index (χ1n) is 11.8. The van der Waals surface area contributed by atoms with Crippen molar-refractivity contribution in [1.29, 1.82) is 0 Å². The number of hydrogen-bond donors (Lipinski definition) is 1. The lowest BCUT2D eigenvalue weighted by Gasteiger charge is -2.43. The van der Waals surface area contributed by atoms with Crippen LogP contribution < -0.4 is 10.1 Å². The lowest BCUT2D eigenvalue weighted by molar-refractivity contribution is -0.133. The van der Waals surface area contributed by atoms with Gasteiger partial charge in [0.2, 0.25) is 5.91 Å². The number of methoxy groups -OCH3 is 1. The first-order chi connectivity index (χ1) is 17.2. The summed E-state index contributed by atoms with van der Waals surface area (Å²) in [6.45, 7) is 6.23. The van der Waals surface area contributed by atoms with Crippen molar-refractivity contribution in [3.8, 4) is 5.75 Å². The molecule has 9 heteroatoms. The fraction of sp³-hybridized carbons (Fsp3) is 0.333. The Morgan fingerprint density at radius 1 is 1.08 bits per heavy atom. The third-order valence-corrected chi connectivity index (χ3v) is 6.16. The van der Waals surface area contributed by atoms with Gasteiger partial charge in [-0.1, -0.05) is 42.5 Å². The molecule has 0 saturated heterocycles. The fourth-order valence-electron chi connectivity index (χ4n) is 4.28. The third-order valence-electron chi connectivity index (χ3n) is 6.16. The summed E-state index contributed by atoms with van der Waals surface area (Å²) in [7, 11) is 1.24. The van der Waals surface area contributed by atoms with Crippen molar-refractivity contribution in [1.82, 2.24) is 19.8 Å². The summed E-state index contributed by atoms with van der Waals surface area (Å²) >= 11 is 0. The van der Waals surface area contributed by atoms with Gasteiger partial charge in [0.15, 0.2) is 5.69 Å². The summed E-state index contributed by atoms with van der Waals surface area (Å²) in [6.07, 6.45) is 1.44. The van der Waals surface area contributed by atoms with Crippen LogP contribution in [0.3, 0.4) is 0 Å². The Morgan fingerprint density at radius 2 is 1.78 bits per heavy atom. The number of carbonyl (C=O) groups is 3. The van der Waals surface area contributed by atoms with Crippen LogP contribution >= 0.6 is 0 Å². The number of amides is 2. The van der Waals surface area contributed by atoms with E-state index < -0.39 is 17.4 Å². The number of hydrogen-bond acceptors (Lipinski definition) is 6. The molecule has 188 valence electrons. The molecule has 1 aliphatic rings. The van der Waals surface area contributed by atoms with E-state index in [9.17, 15) is 14.4 Å². The van der Waals surface area contributed by atoms with E-state index in [4.69, 9.17) is 9.47 Å². The van der Waals surface area contributed by atoms with Crippen LogP contribution in [0.1, 0.15) is 52.9 Å². The average Bonchev–Trinajstić information content (AvgIpc) is 3.29. The SMILES string of the molecule is COC(=O)c1ncn2c1C(=O)N(Cc1ccc(OC(C)C)cc1)[C@](C)(C(=O)NCc1ccccc1)C2. The smallest absolute Gasteiger partial charge is 0.359 e. The van der Waals surface area contributed by atoms with Crippen molar-refractivity contribution in [3.05, 3.63) is 83.4 Å². The van der Waals surface area contributed by atoms with Gasteiger partial charge in [-0.05, 0) is 44.0 Å². The van der Waals surface area contributed by atoms with Crippen molar-refractivity contribution in [3.63, 3.8) is 0 Å². The molecule has 0 bridgehead atoms. The predicted octanol–water partition coefficient (Wildman–Crippen LogP) is 3.19. The molecular weight excluding hydrogens is 460 g/mol. The van der Waals surface area contributed by atoms with Gasteiger partial charge < -0.3 is 24.3 Å². The second-order valence-corrected chi connectivity index (χ2v) is 9.21. The van der Waals surface area contributed by atoms with E-state index in [1.807, 2.05) is 68.4 Å². The van der Waals surface area contributed by atoms with Crippen LogP contribution in [0.15, 0.2) is 60.9 Å². The highest BCUT2D eigenvalue weighted by Crippen LogP contribution is 2.31. The summed E-state index contributed by atoms with van der Waals surface area (Å²) in [5, 5.41) is 2.97. The highest BCUT2D eigenvalue weighted by Gasteiger charge is 2.48. The number of nitrogens with zero attached hydrogens (tertiary/aromatic N) is 3. The molecule has 36 heavy (non-hydrogen) atoms. The molecule has 1 aromatic heterocycles. The van der Waals surface area contributed by atoms with Crippen molar-refractivity contribution in [2.24, 2.45) is 0 Å². The third kappa shape index (κ3) is 4.95. The molecule has 2 heterocycles. The first kappa shape index (κ1) is 25.0. The van der Waals surface area contributed by atoms with Crippen LogP contribution in [0.2, 0.25) is 0 Å². The molecule has 2 amide bonds. The van der Waals surface area contributed by atoms with Crippen LogP contribution in [-0.4, -0.2) is 51.0 Å². The number of rotatable bonds is 8. The minimum atomic E-state index is -1.24. The Balaban J connectivity index is 1.66. The van der Waals surface area contributed by atoms with Gasteiger partial charge in [-0.3, -0.25) is 9.59 Å². The minimum Gasteiger partial charge on any atom is -0.491 e. The van der Waals surface area contributed by atoms with E-state index in [0.717, 1.165) is 11.1 Å². The standard InChI is InChI=1S/C27H30N4O5/c1-18(2)36-21-12-10-20(11-13-21)15-31-24(32)23-22(25(33)35-4)29-17-30(23)16-27(31,3)26(34)28-14-19-8-6-5-7-9-19/h5-13,17-18H,14-16H2,1-4H3,(H,28,34)/t27-/m0/s1. The molecule has 2 aromatic carbocycles. The maximum Gasteiger partial charge on any atom is 0.359 e. The topological polar surface area (TPSA) is 103 Å². The Labute approximate surface area is 210 Å². The van der Waals surface area contributed by atoms with Gasteiger partial charge in [0.25, 0.3) is 5.91 Å². The molecule has 9 nitrogen and oxygen atoms in total. The van der Waals surface area contributed by atoms with Crippen molar-refractivity contribution in [2.75, 3.05) is 7.11 Å². The van der Waals surface area contributed by atoms with Gasteiger partial charge in [0, 0.05) is 13.1 Å². The number of ether oxygens (including phenoxy) is 2. The van der Waals surface area contributed by atoms with Gasteiger partial charge in [-0.25, -0.2) is 9.78 Å². The molecular formula is C27H30N4O5. The monoisotopic (exact) mass is 490 g/mol. The number of imidazole rings is 1. The van der Waals surface area contributed by atoms with Crippen molar-refractivity contribution < 1.29 is 23.9 Å². The van der Waals surface area contributed by atoms with E-state index in [-0.39, 0.29) is 36.5 Å². The molecule has 4 rings (SSSR count). The van der Waals surface area contributed by atoms with E-state index >= 15 is 0 Å². The van der Waals surface area contributed by atoms with Gasteiger partial charge >= 0.3 is 5.97 Å². The van der Waals surface area contributed by atoms with Gasteiger partial charge in [-0.2, -0.15) is 0 Å². The number of nitrogens with one attached hydrogen (secondary N) is 1. The molecule has 0 saturated carbocycles. The van der Waals surface area contributed by atoms with Crippen LogP contribution in [0.5, 0.6) is 5.75 Å². The van der Waals surface area contributed by atoms with E-state index in [1.54, 1.807) is 11.5 Å². The number of esters is 1. The fourth-order valence-corrected chi connectivity index (χ4v) is 4.28. The van der Waals surface area contributed by atoms with Crippen molar-refractivity contribution in [2.45, 2.75) is 52.0 Å². The first-order valence-corrected chi connectivity index (χ1v) is 11.8. The van der Waals surface area contributed by atoms with E-state index in [1.165, 1.54) is 18.3 Å². The summed E-state index contributed by atoms with van der Waals surface area (Å²) in [5.74, 6) is -0.769. The zero-order valence-corrected chi connectivity index (χ0v) is 20.9. The highest BCUT2D eigenvalue weighted by atomic mass is 16.5. The second kappa shape index (κ2) is 10.2. The Kier molecular flexibility index (Phi) is 7.10. The van der Waals surface area contributed by atoms with E-state index in [0.29, 0.717) is 12.3 Å². The van der Waals surface area contributed by atoms with Gasteiger partial charge in [-0.15, -0.1) is 0 Å². The van der Waals surface area contributed by atoms with Crippen LogP contribution in [-0.2, 0) is 29.2 Å². The highest BCUT2D eigenvalue weighted by molar-refractivity contribution is 6.06. The average molecular weight is 491 g/mol. The maximum absolute atomic E-state index is 13.8. The zero-order valence-electron chi connectivity index (χ0n) is 20.9. The van der Waals surface area contributed by atoms with Crippen molar-refractivity contribution >= 4 is 17.8 Å². The number of fused-ring (bicyclic) bond motifs is 1. The number of benzene rings is 2. The summed E-state index contributed by atoms with van der Waals surface area (Å²) in [5.41, 5.74) is 0.559. The Morgan fingerprint density at radius 3 is 2.42 bits per heavy atom. The minimum absolute atomic E-state index is 0.0353. The Hall–Kier alpha value is -4.14. The molecule has 0 spiro atoms. The zero-order chi connectivity index (χ0) is 25.9. The molecule has 1 aliphatic heterocycles. The van der Waals surface area contributed by atoms with E-state index in [2.05, 4.69) is 10.3 Å². The second-order valence-electron chi connectivity index (χ2n) is 9.21. The lowest BCUT2D eigenvalue weighted by Crippen LogP contribution is -2.63. The number of carbonyl (C=O) groups excluding carboxylic acids is 3. The summed E-state index contributed by atoms with van der Waals surface area (Å²) in [4.78, 5) is 45.2. The summed E-state index contributed by atoms with van der Waals surface area (Å²) in [6, 6.07) is 16.9. The molecule has 0 unspecified atom stereocenters. The molecule has 0 radical (unpaired) electrons.